The predicted molar refractivity (Wildman–Crippen MR) is 77.0 cm³/mol. The van der Waals surface area contributed by atoms with Crippen molar-refractivity contribution in [2.45, 2.75) is 6.04 Å². The van der Waals surface area contributed by atoms with Gasteiger partial charge in [-0.1, -0.05) is 0 Å². The van der Waals surface area contributed by atoms with Crippen molar-refractivity contribution >= 4 is 11.9 Å². The quantitative estimate of drug-likeness (QED) is 0.877. The van der Waals surface area contributed by atoms with Crippen LogP contribution in [0.2, 0.25) is 0 Å². The third-order valence-electron chi connectivity index (χ3n) is 3.39. The predicted octanol–water partition coefficient (Wildman–Crippen LogP) is 1.28. The van der Waals surface area contributed by atoms with Gasteiger partial charge < -0.3 is 19.9 Å². The minimum absolute atomic E-state index is 0.0374. The molecule has 2 aromatic rings. The van der Waals surface area contributed by atoms with Gasteiger partial charge in [0.2, 0.25) is 5.95 Å². The molecule has 0 amide bonds. The number of benzene rings is 1. The van der Waals surface area contributed by atoms with Crippen LogP contribution in [0.25, 0.3) is 0 Å². The summed E-state index contributed by atoms with van der Waals surface area (Å²) in [6.45, 7) is 0. The highest BCUT2D eigenvalue weighted by molar-refractivity contribution is 5.90. The number of allylic oxidation sites excluding steroid dienone is 1. The molecule has 0 fully saturated rings. The number of fused-ring (bicyclic) bond motifs is 1. The summed E-state index contributed by atoms with van der Waals surface area (Å²) in [5.41, 5.74) is 0.768. The number of carboxylic acid groups (broad SMARTS) is 1. The maximum absolute atomic E-state index is 11.3. The standard InChI is InChI=1S/C14H14N4O4/c1-21-8-3-4-12(22-2)9(5-8)11-6-10(13(19)20)17-14-15-7-16-18(11)14/h3-7,11H,1-2H3,(H,19,20)(H,15,16,17)/t11-/m0/s1. The Balaban J connectivity index is 2.16. The summed E-state index contributed by atoms with van der Waals surface area (Å²) < 4.78 is 12.2. The number of nitrogens with one attached hydrogen (secondary N) is 1. The number of rotatable bonds is 4. The molecule has 114 valence electrons. The second-order valence-electron chi connectivity index (χ2n) is 4.59. The maximum atomic E-state index is 11.3. The maximum Gasteiger partial charge on any atom is 0.352 e. The Morgan fingerprint density at radius 2 is 2.18 bits per heavy atom. The Bertz CT molecular complexity index is 753. The molecule has 1 atom stereocenters. The van der Waals surface area contributed by atoms with E-state index in [1.807, 2.05) is 0 Å². The van der Waals surface area contributed by atoms with Crippen molar-refractivity contribution in [3.8, 4) is 11.5 Å². The lowest BCUT2D eigenvalue weighted by Crippen LogP contribution is -2.24. The van der Waals surface area contributed by atoms with E-state index in [0.717, 1.165) is 5.56 Å². The number of carboxylic acids is 1. The Morgan fingerprint density at radius 3 is 2.86 bits per heavy atom. The van der Waals surface area contributed by atoms with Gasteiger partial charge in [0.25, 0.3) is 0 Å². The van der Waals surface area contributed by atoms with Crippen LogP contribution in [0, 0.1) is 0 Å². The number of ether oxygens (including phenoxy) is 2. The van der Waals surface area contributed by atoms with Crippen LogP contribution < -0.4 is 14.8 Å². The molecule has 0 radical (unpaired) electrons. The molecule has 3 rings (SSSR count). The van der Waals surface area contributed by atoms with Gasteiger partial charge in [-0.2, -0.15) is 10.1 Å². The summed E-state index contributed by atoms with van der Waals surface area (Å²) in [4.78, 5) is 15.3. The van der Waals surface area contributed by atoms with E-state index in [-0.39, 0.29) is 5.70 Å². The van der Waals surface area contributed by atoms with Gasteiger partial charge in [-0.15, -0.1) is 0 Å². The van der Waals surface area contributed by atoms with E-state index < -0.39 is 12.0 Å². The monoisotopic (exact) mass is 302 g/mol. The van der Waals surface area contributed by atoms with Crippen molar-refractivity contribution in [1.29, 1.82) is 0 Å². The molecule has 1 aliphatic rings. The van der Waals surface area contributed by atoms with Gasteiger partial charge in [0, 0.05) is 5.56 Å². The molecule has 0 unspecified atom stereocenters. The first-order valence-corrected chi connectivity index (χ1v) is 6.47. The summed E-state index contributed by atoms with van der Waals surface area (Å²) in [5, 5.41) is 16.1. The highest BCUT2D eigenvalue weighted by Crippen LogP contribution is 2.35. The van der Waals surface area contributed by atoms with Crippen LogP contribution in [-0.2, 0) is 4.79 Å². The number of aliphatic carboxylic acids is 1. The van der Waals surface area contributed by atoms with Crippen molar-refractivity contribution in [1.82, 2.24) is 14.8 Å². The first-order chi connectivity index (χ1) is 10.6. The van der Waals surface area contributed by atoms with Gasteiger partial charge in [-0.25, -0.2) is 9.48 Å². The molecule has 1 aromatic carbocycles. The molecule has 0 saturated heterocycles. The van der Waals surface area contributed by atoms with Gasteiger partial charge in [0.05, 0.1) is 14.2 Å². The molecule has 1 aromatic heterocycles. The Morgan fingerprint density at radius 1 is 1.36 bits per heavy atom. The minimum atomic E-state index is -1.07. The van der Waals surface area contributed by atoms with E-state index in [4.69, 9.17) is 9.47 Å². The normalized spacial score (nSPS) is 16.3. The molecule has 2 heterocycles. The average molecular weight is 302 g/mol. The number of aromatic nitrogens is 3. The fraction of sp³-hybridized carbons (Fsp3) is 0.214. The zero-order valence-corrected chi connectivity index (χ0v) is 12.0. The van der Waals surface area contributed by atoms with Crippen LogP contribution in [0.3, 0.4) is 0 Å². The molecular formula is C14H14N4O4. The fourth-order valence-corrected chi connectivity index (χ4v) is 2.35. The summed E-state index contributed by atoms with van der Waals surface area (Å²) in [6, 6.07) is 4.86. The van der Waals surface area contributed by atoms with Gasteiger partial charge >= 0.3 is 5.97 Å². The molecule has 0 bridgehead atoms. The topological polar surface area (TPSA) is 98.5 Å². The Hall–Kier alpha value is -3.03. The molecule has 8 nitrogen and oxygen atoms in total. The van der Waals surface area contributed by atoms with Gasteiger partial charge in [0.15, 0.2) is 0 Å². The van der Waals surface area contributed by atoms with E-state index in [9.17, 15) is 9.90 Å². The number of nitrogens with zero attached hydrogens (tertiary/aromatic N) is 3. The minimum Gasteiger partial charge on any atom is -0.497 e. The highest BCUT2D eigenvalue weighted by atomic mass is 16.5. The van der Waals surface area contributed by atoms with Crippen molar-refractivity contribution in [3.05, 3.63) is 41.9 Å². The van der Waals surface area contributed by atoms with E-state index in [1.165, 1.54) is 6.33 Å². The van der Waals surface area contributed by atoms with Gasteiger partial charge in [-0.3, -0.25) is 0 Å². The first kappa shape index (κ1) is 13.9. The van der Waals surface area contributed by atoms with Crippen molar-refractivity contribution in [2.75, 3.05) is 19.5 Å². The second-order valence-corrected chi connectivity index (χ2v) is 4.59. The van der Waals surface area contributed by atoms with Crippen molar-refractivity contribution in [3.63, 3.8) is 0 Å². The van der Waals surface area contributed by atoms with Crippen LogP contribution in [0.4, 0.5) is 5.95 Å². The van der Waals surface area contributed by atoms with Crippen LogP contribution in [0.15, 0.2) is 36.3 Å². The Kier molecular flexibility index (Phi) is 3.42. The lowest BCUT2D eigenvalue weighted by molar-refractivity contribution is -0.132. The Labute approximate surface area is 126 Å². The highest BCUT2D eigenvalue weighted by Gasteiger charge is 2.27. The largest absolute Gasteiger partial charge is 0.497 e. The average Bonchev–Trinajstić information content (AvgIpc) is 3.01. The van der Waals surface area contributed by atoms with Gasteiger partial charge in [-0.05, 0) is 24.3 Å². The third-order valence-corrected chi connectivity index (χ3v) is 3.39. The molecule has 0 spiro atoms. The van der Waals surface area contributed by atoms with Crippen LogP contribution in [-0.4, -0.2) is 40.1 Å². The van der Waals surface area contributed by atoms with Crippen LogP contribution in [0.5, 0.6) is 11.5 Å². The van der Waals surface area contributed by atoms with E-state index in [1.54, 1.807) is 43.2 Å². The van der Waals surface area contributed by atoms with E-state index in [0.29, 0.717) is 17.4 Å². The summed E-state index contributed by atoms with van der Waals surface area (Å²) in [6.07, 6.45) is 2.92. The lowest BCUT2D eigenvalue weighted by atomic mass is 10.0. The number of anilines is 1. The van der Waals surface area contributed by atoms with Gasteiger partial charge in [0.1, 0.15) is 29.6 Å². The van der Waals surface area contributed by atoms with Crippen molar-refractivity contribution < 1.29 is 19.4 Å². The zero-order chi connectivity index (χ0) is 15.7. The van der Waals surface area contributed by atoms with E-state index >= 15 is 0 Å². The first-order valence-electron chi connectivity index (χ1n) is 6.47. The van der Waals surface area contributed by atoms with Crippen LogP contribution >= 0.6 is 0 Å². The summed E-state index contributed by atoms with van der Waals surface area (Å²) in [7, 11) is 3.11. The molecule has 0 saturated carbocycles. The molecule has 1 aliphatic heterocycles. The molecule has 8 heteroatoms. The SMILES string of the molecule is COc1ccc(OC)c([C@@H]2C=C(C(=O)O)Nc3ncnn32)c1. The number of methoxy groups -OCH3 is 2. The molecule has 2 N–H and O–H groups in total. The third kappa shape index (κ3) is 2.24. The summed E-state index contributed by atoms with van der Waals surface area (Å²) in [5.74, 6) is 0.535. The molecular weight excluding hydrogens is 288 g/mol. The lowest BCUT2D eigenvalue weighted by Gasteiger charge is -2.24. The van der Waals surface area contributed by atoms with E-state index in [2.05, 4.69) is 15.4 Å². The smallest absolute Gasteiger partial charge is 0.352 e. The number of carbonyl (C=O) groups is 1. The number of hydrogen-bond acceptors (Lipinski definition) is 6. The zero-order valence-electron chi connectivity index (χ0n) is 12.0. The van der Waals surface area contributed by atoms with Crippen LogP contribution in [0.1, 0.15) is 11.6 Å². The van der Waals surface area contributed by atoms with Crippen molar-refractivity contribution in [2.24, 2.45) is 0 Å². The fourth-order valence-electron chi connectivity index (χ4n) is 2.35. The number of hydrogen-bond donors (Lipinski definition) is 2. The molecule has 0 aliphatic carbocycles. The molecule has 22 heavy (non-hydrogen) atoms. The second kappa shape index (κ2) is 5.40. The summed E-state index contributed by atoms with van der Waals surface area (Å²) >= 11 is 0.